The number of nitrogens with zero attached hydrogens (tertiary/aromatic N) is 2. The Bertz CT molecular complexity index is 1180. The molecule has 1 aliphatic heterocycles. The molecular formula is C25H23F3N2O5. The van der Waals surface area contributed by atoms with E-state index in [0.717, 1.165) is 24.1 Å². The highest BCUT2D eigenvalue weighted by Crippen LogP contribution is 2.39. The van der Waals surface area contributed by atoms with E-state index in [2.05, 4.69) is 4.98 Å². The second-order valence-corrected chi connectivity index (χ2v) is 7.88. The number of benzene rings is 2. The first-order valence-corrected chi connectivity index (χ1v) is 10.8. The van der Waals surface area contributed by atoms with Crippen molar-refractivity contribution in [3.8, 4) is 11.5 Å². The number of carboxylic acids is 1. The molecule has 35 heavy (non-hydrogen) atoms. The molecule has 1 fully saturated rings. The maximum Gasteiger partial charge on any atom is 0.417 e. The van der Waals surface area contributed by atoms with Crippen LogP contribution in [0, 0.1) is 0 Å². The Balaban J connectivity index is 1.79. The molecule has 1 aliphatic rings. The number of carboxylic acid groups (broad SMARTS) is 1. The number of carbonyl (C=O) groups is 1. The molecule has 4 rings (SSSR count). The van der Waals surface area contributed by atoms with E-state index in [-0.39, 0.29) is 12.2 Å². The van der Waals surface area contributed by atoms with Crippen LogP contribution in [0.4, 0.5) is 24.5 Å². The highest BCUT2D eigenvalue weighted by Gasteiger charge is 2.35. The number of anilines is 2. The first-order chi connectivity index (χ1) is 16.8. The minimum Gasteiger partial charge on any atom is -0.493 e. The minimum absolute atomic E-state index is 0.212. The van der Waals surface area contributed by atoms with Crippen molar-refractivity contribution in [2.24, 2.45) is 0 Å². The zero-order chi connectivity index (χ0) is 25.0. The van der Waals surface area contributed by atoms with E-state index >= 15 is 0 Å². The highest BCUT2D eigenvalue weighted by molar-refractivity contribution is 5.91. The number of methoxy groups -OCH3 is 1. The summed E-state index contributed by atoms with van der Waals surface area (Å²) in [6.45, 7) is 0.799. The maximum absolute atomic E-state index is 13.4. The SMILES string of the molecule is COc1ccc(N(Cc2cccnc2)c2ccc(C(F)(F)F)c(C(=O)O)c2)cc1OC1CCCO1. The van der Waals surface area contributed by atoms with Gasteiger partial charge in [0.1, 0.15) is 0 Å². The molecule has 0 bridgehead atoms. The zero-order valence-electron chi connectivity index (χ0n) is 18.8. The van der Waals surface area contributed by atoms with E-state index in [1.807, 2.05) is 6.07 Å². The molecule has 1 saturated heterocycles. The lowest BCUT2D eigenvalue weighted by atomic mass is 10.0. The summed E-state index contributed by atoms with van der Waals surface area (Å²) < 4.78 is 57.2. The highest BCUT2D eigenvalue weighted by atomic mass is 19.4. The van der Waals surface area contributed by atoms with Gasteiger partial charge in [0.25, 0.3) is 0 Å². The van der Waals surface area contributed by atoms with Crippen LogP contribution in [0.1, 0.15) is 34.3 Å². The van der Waals surface area contributed by atoms with Gasteiger partial charge in [-0.05, 0) is 48.4 Å². The van der Waals surface area contributed by atoms with Gasteiger partial charge in [0.15, 0.2) is 17.8 Å². The van der Waals surface area contributed by atoms with Gasteiger partial charge >= 0.3 is 12.1 Å². The van der Waals surface area contributed by atoms with Gasteiger partial charge in [-0.2, -0.15) is 13.2 Å². The summed E-state index contributed by atoms with van der Waals surface area (Å²) in [4.78, 5) is 17.5. The molecule has 10 heteroatoms. The number of aromatic nitrogens is 1. The van der Waals surface area contributed by atoms with Crippen LogP contribution < -0.4 is 14.4 Å². The lowest BCUT2D eigenvalue weighted by Crippen LogP contribution is -2.20. The summed E-state index contributed by atoms with van der Waals surface area (Å²) in [5, 5.41) is 9.49. The topological polar surface area (TPSA) is 81.1 Å². The first kappa shape index (κ1) is 24.3. The maximum atomic E-state index is 13.4. The van der Waals surface area contributed by atoms with Crippen molar-refractivity contribution in [1.29, 1.82) is 0 Å². The lowest BCUT2D eigenvalue weighted by molar-refractivity contribution is -0.138. The lowest BCUT2D eigenvalue weighted by Gasteiger charge is -2.27. The summed E-state index contributed by atoms with van der Waals surface area (Å²) in [6.07, 6.45) is -0.423. The predicted molar refractivity (Wildman–Crippen MR) is 121 cm³/mol. The van der Waals surface area contributed by atoms with E-state index < -0.39 is 29.6 Å². The molecule has 0 radical (unpaired) electrons. The van der Waals surface area contributed by atoms with Crippen LogP contribution in [0.2, 0.25) is 0 Å². The molecule has 1 unspecified atom stereocenters. The Morgan fingerprint density at radius 3 is 2.57 bits per heavy atom. The Morgan fingerprint density at radius 1 is 1.17 bits per heavy atom. The van der Waals surface area contributed by atoms with Crippen molar-refractivity contribution < 1.29 is 37.3 Å². The van der Waals surface area contributed by atoms with Gasteiger partial charge in [0.05, 0.1) is 24.8 Å². The Labute approximate surface area is 199 Å². The van der Waals surface area contributed by atoms with Gasteiger partial charge in [-0.25, -0.2) is 4.79 Å². The summed E-state index contributed by atoms with van der Waals surface area (Å²) in [7, 11) is 1.50. The number of hydrogen-bond donors (Lipinski definition) is 1. The minimum atomic E-state index is -4.80. The van der Waals surface area contributed by atoms with E-state index in [4.69, 9.17) is 14.2 Å². The van der Waals surface area contributed by atoms with Gasteiger partial charge in [0.2, 0.25) is 0 Å². The summed E-state index contributed by atoms with van der Waals surface area (Å²) in [5.41, 5.74) is -0.476. The van der Waals surface area contributed by atoms with Crippen LogP contribution in [0.5, 0.6) is 11.5 Å². The van der Waals surface area contributed by atoms with Crippen LogP contribution in [-0.2, 0) is 17.5 Å². The molecule has 0 aliphatic carbocycles. The summed E-state index contributed by atoms with van der Waals surface area (Å²) >= 11 is 0. The average molecular weight is 488 g/mol. The number of halogens is 3. The van der Waals surface area contributed by atoms with Crippen LogP contribution in [0.15, 0.2) is 60.9 Å². The number of alkyl halides is 3. The molecule has 0 spiro atoms. The van der Waals surface area contributed by atoms with E-state index in [0.29, 0.717) is 30.2 Å². The molecule has 184 valence electrons. The molecule has 3 aromatic rings. The number of hydrogen-bond acceptors (Lipinski definition) is 6. The van der Waals surface area contributed by atoms with Crippen LogP contribution in [0.3, 0.4) is 0 Å². The Kier molecular flexibility index (Phi) is 7.11. The smallest absolute Gasteiger partial charge is 0.417 e. The number of ether oxygens (including phenoxy) is 3. The van der Waals surface area contributed by atoms with Crippen molar-refractivity contribution in [3.05, 3.63) is 77.6 Å². The van der Waals surface area contributed by atoms with Crippen LogP contribution in [0.25, 0.3) is 0 Å². The molecule has 1 aromatic heterocycles. The number of pyridine rings is 1. The largest absolute Gasteiger partial charge is 0.493 e. The first-order valence-electron chi connectivity index (χ1n) is 10.8. The van der Waals surface area contributed by atoms with Crippen molar-refractivity contribution in [3.63, 3.8) is 0 Å². The second kappa shape index (κ2) is 10.2. The molecule has 0 saturated carbocycles. The second-order valence-electron chi connectivity index (χ2n) is 7.88. The van der Waals surface area contributed by atoms with Crippen molar-refractivity contribution in [2.75, 3.05) is 18.6 Å². The quantitative estimate of drug-likeness (QED) is 0.438. The summed E-state index contributed by atoms with van der Waals surface area (Å²) in [5.74, 6) is -0.805. The third-order valence-corrected chi connectivity index (χ3v) is 5.52. The molecule has 2 heterocycles. The van der Waals surface area contributed by atoms with Crippen molar-refractivity contribution in [1.82, 2.24) is 4.98 Å². The molecular weight excluding hydrogens is 465 g/mol. The van der Waals surface area contributed by atoms with Gasteiger partial charge in [-0.15, -0.1) is 0 Å². The molecule has 1 atom stereocenters. The van der Waals surface area contributed by atoms with Crippen LogP contribution in [-0.4, -0.2) is 36.1 Å². The van der Waals surface area contributed by atoms with Crippen molar-refractivity contribution in [2.45, 2.75) is 31.9 Å². The van der Waals surface area contributed by atoms with E-state index in [1.165, 1.54) is 13.2 Å². The fraction of sp³-hybridized carbons (Fsp3) is 0.280. The fourth-order valence-corrected chi connectivity index (χ4v) is 3.84. The molecule has 0 amide bonds. The summed E-state index contributed by atoms with van der Waals surface area (Å²) in [6, 6.07) is 11.7. The number of rotatable bonds is 8. The average Bonchev–Trinajstić information content (AvgIpc) is 3.35. The zero-order valence-corrected chi connectivity index (χ0v) is 18.8. The van der Waals surface area contributed by atoms with Gasteiger partial charge in [-0.3, -0.25) is 4.98 Å². The molecule has 7 nitrogen and oxygen atoms in total. The van der Waals surface area contributed by atoms with Gasteiger partial charge in [-0.1, -0.05) is 6.07 Å². The van der Waals surface area contributed by atoms with Gasteiger partial charge in [0, 0.05) is 42.8 Å². The monoisotopic (exact) mass is 488 g/mol. The molecule has 1 N–H and O–H groups in total. The third kappa shape index (κ3) is 5.65. The predicted octanol–water partition coefficient (Wildman–Crippen LogP) is 5.66. The Morgan fingerprint density at radius 2 is 1.94 bits per heavy atom. The Hall–Kier alpha value is -3.79. The van der Waals surface area contributed by atoms with E-state index in [1.54, 1.807) is 41.6 Å². The fourth-order valence-electron chi connectivity index (χ4n) is 3.84. The van der Waals surface area contributed by atoms with Crippen LogP contribution >= 0.6 is 0 Å². The third-order valence-electron chi connectivity index (χ3n) is 5.52. The number of aromatic carboxylic acids is 1. The standard InChI is InChI=1S/C25H23F3N2O5/c1-33-21-9-7-18(13-22(21)35-23-5-3-11-34-23)30(15-16-4-2-10-29-14-16)17-6-8-20(25(26,27)28)19(12-17)24(31)32/h2,4,6-10,12-14,23H,3,5,11,15H2,1H3,(H,31,32). The molecule has 2 aromatic carbocycles. The van der Waals surface area contributed by atoms with E-state index in [9.17, 15) is 23.1 Å². The normalized spacial score (nSPS) is 15.6. The van der Waals surface area contributed by atoms with Crippen molar-refractivity contribution >= 4 is 17.3 Å². The van der Waals surface area contributed by atoms with Gasteiger partial charge < -0.3 is 24.2 Å².